The Labute approximate surface area is 144 Å². The molecule has 2 aliphatic rings. The van der Waals surface area contributed by atoms with E-state index in [-0.39, 0.29) is 5.91 Å². The minimum atomic E-state index is -0.730. The van der Waals surface area contributed by atoms with Crippen LogP contribution in [0.5, 0.6) is 0 Å². The van der Waals surface area contributed by atoms with Gasteiger partial charge in [-0.3, -0.25) is 9.69 Å². The van der Waals surface area contributed by atoms with E-state index in [0.29, 0.717) is 32.0 Å². The number of carbonyl (C=O) groups excluding carboxylic acids is 1. The van der Waals surface area contributed by atoms with Crippen LogP contribution in [-0.2, 0) is 16.1 Å². The van der Waals surface area contributed by atoms with Gasteiger partial charge in [0.25, 0.3) is 0 Å². The fraction of sp³-hybridized carbons (Fsp3) is 0.632. The summed E-state index contributed by atoms with van der Waals surface area (Å²) in [5, 5.41) is 3.09. The number of ether oxygens (including phenoxy) is 1. The highest BCUT2D eigenvalue weighted by atomic mass is 16.5. The number of hydrogen-bond donors (Lipinski definition) is 2. The molecule has 5 heteroatoms. The lowest BCUT2D eigenvalue weighted by Crippen LogP contribution is -2.57. The highest BCUT2D eigenvalue weighted by Crippen LogP contribution is 2.20. The standard InChI is InChI=1S/C19H29N3O2/c20-19(8-12-24-13-9-19)18(23)21-14-16-6-10-22(11-7-16)15-17-4-2-1-3-5-17/h1-5,16H,6-15,20H2,(H,21,23). The third-order valence-corrected chi connectivity index (χ3v) is 5.34. The summed E-state index contributed by atoms with van der Waals surface area (Å²) in [4.78, 5) is 14.9. The van der Waals surface area contributed by atoms with Crippen molar-refractivity contribution in [1.29, 1.82) is 0 Å². The Morgan fingerprint density at radius 3 is 2.54 bits per heavy atom. The van der Waals surface area contributed by atoms with Crippen LogP contribution in [0.25, 0.3) is 0 Å². The van der Waals surface area contributed by atoms with E-state index in [1.807, 2.05) is 0 Å². The van der Waals surface area contributed by atoms with E-state index >= 15 is 0 Å². The first-order valence-electron chi connectivity index (χ1n) is 9.07. The van der Waals surface area contributed by atoms with Gasteiger partial charge in [-0.15, -0.1) is 0 Å². The fourth-order valence-corrected chi connectivity index (χ4v) is 3.57. The van der Waals surface area contributed by atoms with Gasteiger partial charge in [-0.25, -0.2) is 0 Å². The van der Waals surface area contributed by atoms with Crippen LogP contribution < -0.4 is 11.1 Å². The first-order chi connectivity index (χ1) is 11.7. The van der Waals surface area contributed by atoms with E-state index in [4.69, 9.17) is 10.5 Å². The third kappa shape index (κ3) is 4.56. The maximum Gasteiger partial charge on any atom is 0.240 e. The van der Waals surface area contributed by atoms with E-state index in [9.17, 15) is 4.79 Å². The summed E-state index contributed by atoms with van der Waals surface area (Å²) in [6.07, 6.45) is 3.50. The van der Waals surface area contributed by atoms with Crippen LogP contribution in [0.1, 0.15) is 31.2 Å². The number of nitrogens with two attached hydrogens (primary N) is 1. The van der Waals surface area contributed by atoms with Crippen molar-refractivity contribution in [3.05, 3.63) is 35.9 Å². The van der Waals surface area contributed by atoms with Crippen molar-refractivity contribution in [2.45, 2.75) is 37.8 Å². The molecule has 2 heterocycles. The van der Waals surface area contributed by atoms with Gasteiger partial charge in [0.2, 0.25) is 5.91 Å². The normalized spacial score (nSPS) is 22.2. The molecule has 0 radical (unpaired) electrons. The number of piperidine rings is 1. The van der Waals surface area contributed by atoms with Crippen LogP contribution in [0, 0.1) is 5.92 Å². The van der Waals surface area contributed by atoms with Gasteiger partial charge in [-0.05, 0) is 50.3 Å². The van der Waals surface area contributed by atoms with Crippen molar-refractivity contribution in [3.63, 3.8) is 0 Å². The van der Waals surface area contributed by atoms with Gasteiger partial charge in [-0.2, -0.15) is 0 Å². The molecule has 1 aromatic carbocycles. The number of rotatable bonds is 5. The second-order valence-corrected chi connectivity index (χ2v) is 7.18. The van der Waals surface area contributed by atoms with Crippen LogP contribution in [0.4, 0.5) is 0 Å². The number of nitrogens with zero attached hydrogens (tertiary/aromatic N) is 1. The molecule has 2 saturated heterocycles. The number of hydrogen-bond acceptors (Lipinski definition) is 4. The third-order valence-electron chi connectivity index (χ3n) is 5.34. The van der Waals surface area contributed by atoms with Crippen LogP contribution >= 0.6 is 0 Å². The van der Waals surface area contributed by atoms with Crippen molar-refractivity contribution < 1.29 is 9.53 Å². The molecule has 0 aliphatic carbocycles. The first-order valence-corrected chi connectivity index (χ1v) is 9.07. The number of carbonyl (C=O) groups is 1. The first kappa shape index (κ1) is 17.4. The lowest BCUT2D eigenvalue weighted by molar-refractivity contribution is -0.130. The Morgan fingerprint density at radius 1 is 1.21 bits per heavy atom. The van der Waals surface area contributed by atoms with Crippen molar-refractivity contribution in [3.8, 4) is 0 Å². The fourth-order valence-electron chi connectivity index (χ4n) is 3.57. The topological polar surface area (TPSA) is 67.6 Å². The summed E-state index contributed by atoms with van der Waals surface area (Å²) in [7, 11) is 0. The predicted molar refractivity (Wildman–Crippen MR) is 94.4 cm³/mol. The minimum absolute atomic E-state index is 0.00230. The second kappa shape index (κ2) is 8.10. The molecule has 1 aromatic rings. The summed E-state index contributed by atoms with van der Waals surface area (Å²) in [6.45, 7) is 5.13. The van der Waals surface area contributed by atoms with Gasteiger partial charge in [-0.1, -0.05) is 30.3 Å². The zero-order valence-electron chi connectivity index (χ0n) is 14.4. The van der Waals surface area contributed by atoms with E-state index in [1.165, 1.54) is 5.56 Å². The van der Waals surface area contributed by atoms with Crippen LogP contribution in [0.2, 0.25) is 0 Å². The molecule has 1 amide bonds. The Bertz CT molecular complexity index is 521. The Hall–Kier alpha value is -1.43. The van der Waals surface area contributed by atoms with E-state index in [1.54, 1.807) is 0 Å². The molecule has 24 heavy (non-hydrogen) atoms. The molecule has 0 bridgehead atoms. The summed E-state index contributed by atoms with van der Waals surface area (Å²) >= 11 is 0. The van der Waals surface area contributed by atoms with Gasteiger partial charge >= 0.3 is 0 Å². The van der Waals surface area contributed by atoms with Crippen LogP contribution in [0.3, 0.4) is 0 Å². The lowest BCUT2D eigenvalue weighted by atomic mass is 9.89. The van der Waals surface area contributed by atoms with Gasteiger partial charge in [0.05, 0.1) is 5.54 Å². The summed E-state index contributed by atoms with van der Waals surface area (Å²) in [5.74, 6) is 0.557. The average molecular weight is 331 g/mol. The number of likely N-dealkylation sites (tertiary alicyclic amines) is 1. The Balaban J connectivity index is 1.38. The maximum absolute atomic E-state index is 12.4. The van der Waals surface area contributed by atoms with Gasteiger partial charge < -0.3 is 15.8 Å². The van der Waals surface area contributed by atoms with Crippen molar-refractivity contribution in [2.75, 3.05) is 32.8 Å². The van der Waals surface area contributed by atoms with E-state index in [0.717, 1.165) is 39.0 Å². The molecule has 3 rings (SSSR count). The van der Waals surface area contributed by atoms with Gasteiger partial charge in [0.15, 0.2) is 0 Å². The molecule has 3 N–H and O–H groups in total. The number of nitrogens with one attached hydrogen (secondary N) is 1. The van der Waals surface area contributed by atoms with Gasteiger partial charge in [0.1, 0.15) is 0 Å². The average Bonchev–Trinajstić information content (AvgIpc) is 2.62. The Morgan fingerprint density at radius 2 is 1.88 bits per heavy atom. The molecular weight excluding hydrogens is 302 g/mol. The smallest absolute Gasteiger partial charge is 0.240 e. The summed E-state index contributed by atoms with van der Waals surface area (Å²) < 4.78 is 5.30. The molecule has 5 nitrogen and oxygen atoms in total. The molecule has 0 aromatic heterocycles. The zero-order chi connectivity index (χ0) is 16.8. The minimum Gasteiger partial charge on any atom is -0.381 e. The quantitative estimate of drug-likeness (QED) is 0.858. The van der Waals surface area contributed by atoms with E-state index in [2.05, 4.69) is 40.5 Å². The molecule has 2 fully saturated rings. The predicted octanol–water partition coefficient (Wildman–Crippen LogP) is 1.52. The zero-order valence-corrected chi connectivity index (χ0v) is 14.4. The number of amides is 1. The van der Waals surface area contributed by atoms with Crippen molar-refractivity contribution in [2.24, 2.45) is 11.7 Å². The molecule has 0 spiro atoms. The molecule has 0 unspecified atom stereocenters. The second-order valence-electron chi connectivity index (χ2n) is 7.18. The van der Waals surface area contributed by atoms with Crippen molar-refractivity contribution in [1.82, 2.24) is 10.2 Å². The van der Waals surface area contributed by atoms with Gasteiger partial charge in [0, 0.05) is 26.3 Å². The lowest BCUT2D eigenvalue weighted by Gasteiger charge is -2.34. The Kier molecular flexibility index (Phi) is 5.87. The molecule has 0 saturated carbocycles. The number of benzene rings is 1. The maximum atomic E-state index is 12.4. The van der Waals surface area contributed by atoms with Crippen molar-refractivity contribution >= 4 is 5.91 Å². The monoisotopic (exact) mass is 331 g/mol. The molecule has 0 atom stereocenters. The van der Waals surface area contributed by atoms with Crippen LogP contribution in [0.15, 0.2) is 30.3 Å². The molecule has 2 aliphatic heterocycles. The largest absolute Gasteiger partial charge is 0.381 e. The molecular formula is C19H29N3O2. The summed E-state index contributed by atoms with van der Waals surface area (Å²) in [6, 6.07) is 10.6. The van der Waals surface area contributed by atoms with Crippen LogP contribution in [-0.4, -0.2) is 49.2 Å². The SMILES string of the molecule is NC1(C(=O)NCC2CCN(Cc3ccccc3)CC2)CCOCC1. The highest BCUT2D eigenvalue weighted by Gasteiger charge is 2.36. The molecule has 132 valence electrons. The highest BCUT2D eigenvalue weighted by molar-refractivity contribution is 5.86. The van der Waals surface area contributed by atoms with E-state index < -0.39 is 5.54 Å². The summed E-state index contributed by atoms with van der Waals surface area (Å²) in [5.41, 5.74) is 6.87.